The predicted molar refractivity (Wildman–Crippen MR) is 81.7 cm³/mol. The highest BCUT2D eigenvalue weighted by atomic mass is 35.5. The molecule has 1 aliphatic rings. The summed E-state index contributed by atoms with van der Waals surface area (Å²) in [5, 5.41) is 9.20. The van der Waals surface area contributed by atoms with Crippen LogP contribution in [0.25, 0.3) is 0 Å². The average Bonchev–Trinajstić information content (AvgIpc) is 2.47. The van der Waals surface area contributed by atoms with E-state index in [9.17, 15) is 9.59 Å². The maximum atomic E-state index is 12.1. The first-order valence-corrected chi connectivity index (χ1v) is 8.04. The molecule has 0 radical (unpaired) electrons. The van der Waals surface area contributed by atoms with E-state index in [4.69, 9.17) is 21.4 Å². The Bertz CT molecular complexity index is 525. The van der Waals surface area contributed by atoms with Crippen molar-refractivity contribution in [2.24, 2.45) is 0 Å². The number of amides is 1. The van der Waals surface area contributed by atoms with Crippen LogP contribution in [0.1, 0.15) is 11.7 Å². The van der Waals surface area contributed by atoms with Gasteiger partial charge in [-0.2, -0.15) is 0 Å². The molecule has 21 heavy (non-hydrogen) atoms. The molecule has 0 saturated carbocycles. The lowest BCUT2D eigenvalue weighted by Gasteiger charge is -2.33. The van der Waals surface area contributed by atoms with Gasteiger partial charge in [-0.1, -0.05) is 29.8 Å². The van der Waals surface area contributed by atoms with E-state index in [1.807, 2.05) is 18.2 Å². The smallest absolute Gasteiger partial charge is 0.313 e. The Labute approximate surface area is 132 Å². The zero-order chi connectivity index (χ0) is 15.2. The third-order valence-electron chi connectivity index (χ3n) is 3.12. The van der Waals surface area contributed by atoms with Crippen LogP contribution in [0.4, 0.5) is 0 Å². The van der Waals surface area contributed by atoms with E-state index in [0.717, 1.165) is 17.3 Å². The van der Waals surface area contributed by atoms with Gasteiger partial charge >= 0.3 is 5.97 Å². The molecule has 2 rings (SSSR count). The van der Waals surface area contributed by atoms with Gasteiger partial charge in [-0.3, -0.25) is 9.59 Å². The van der Waals surface area contributed by atoms with Gasteiger partial charge < -0.3 is 14.7 Å². The molecular formula is C14H16ClNO4S. The Balaban J connectivity index is 1.93. The standard InChI is InChI=1S/C14H16ClNO4S/c15-11-4-2-1-3-10(11)12-7-16(5-6-20-12)13(17)8-21-9-14(18)19/h1-4,12H,5-9H2,(H,18,19). The SMILES string of the molecule is O=C(O)CSCC(=O)N1CCOC(c2ccccc2Cl)C1. The lowest BCUT2D eigenvalue weighted by molar-refractivity contribution is -0.136. The van der Waals surface area contributed by atoms with Crippen molar-refractivity contribution >= 4 is 35.2 Å². The normalized spacial score (nSPS) is 18.5. The molecule has 7 heteroatoms. The molecular weight excluding hydrogens is 314 g/mol. The number of hydrogen-bond acceptors (Lipinski definition) is 4. The lowest BCUT2D eigenvalue weighted by atomic mass is 10.1. The van der Waals surface area contributed by atoms with Crippen molar-refractivity contribution in [2.75, 3.05) is 31.2 Å². The summed E-state index contributed by atoms with van der Waals surface area (Å²) in [7, 11) is 0. The molecule has 1 amide bonds. The third-order valence-corrected chi connectivity index (χ3v) is 4.37. The van der Waals surface area contributed by atoms with Crippen molar-refractivity contribution in [1.29, 1.82) is 0 Å². The van der Waals surface area contributed by atoms with Gasteiger partial charge in [-0.15, -0.1) is 11.8 Å². The second kappa shape index (κ2) is 7.68. The molecule has 0 spiro atoms. The van der Waals surface area contributed by atoms with Crippen molar-refractivity contribution < 1.29 is 19.4 Å². The van der Waals surface area contributed by atoms with Crippen LogP contribution in [0.2, 0.25) is 5.02 Å². The van der Waals surface area contributed by atoms with Gasteiger partial charge in [-0.05, 0) is 6.07 Å². The number of morpholine rings is 1. The summed E-state index contributed by atoms with van der Waals surface area (Å²) < 4.78 is 5.69. The van der Waals surface area contributed by atoms with Gasteiger partial charge in [-0.25, -0.2) is 0 Å². The topological polar surface area (TPSA) is 66.8 Å². The van der Waals surface area contributed by atoms with Crippen molar-refractivity contribution in [3.63, 3.8) is 0 Å². The fourth-order valence-corrected chi connectivity index (χ4v) is 3.01. The Morgan fingerprint density at radius 2 is 2.14 bits per heavy atom. The molecule has 1 aromatic rings. The summed E-state index contributed by atoms with van der Waals surface area (Å²) in [5.41, 5.74) is 0.870. The summed E-state index contributed by atoms with van der Waals surface area (Å²) >= 11 is 7.26. The number of hydrogen-bond donors (Lipinski definition) is 1. The van der Waals surface area contributed by atoms with Gasteiger partial charge in [0.25, 0.3) is 0 Å². The number of benzene rings is 1. The number of carboxylic acids is 1. The highest BCUT2D eigenvalue weighted by Gasteiger charge is 2.26. The molecule has 1 unspecified atom stereocenters. The predicted octanol–water partition coefficient (Wildman–Crippen LogP) is 2.06. The van der Waals surface area contributed by atoms with Gasteiger partial charge in [0.2, 0.25) is 5.91 Å². The van der Waals surface area contributed by atoms with E-state index >= 15 is 0 Å². The fraction of sp³-hybridized carbons (Fsp3) is 0.429. The molecule has 1 saturated heterocycles. The largest absolute Gasteiger partial charge is 0.481 e. The number of nitrogens with zero attached hydrogens (tertiary/aromatic N) is 1. The van der Waals surface area contributed by atoms with E-state index in [1.54, 1.807) is 11.0 Å². The van der Waals surface area contributed by atoms with Crippen LogP contribution in [-0.4, -0.2) is 53.1 Å². The van der Waals surface area contributed by atoms with Gasteiger partial charge in [0.05, 0.1) is 24.7 Å². The first kappa shape index (κ1) is 16.1. The number of halogens is 1. The highest BCUT2D eigenvalue weighted by molar-refractivity contribution is 8.00. The molecule has 1 atom stereocenters. The molecule has 1 heterocycles. The van der Waals surface area contributed by atoms with Crippen molar-refractivity contribution in [1.82, 2.24) is 4.90 Å². The van der Waals surface area contributed by atoms with Crippen molar-refractivity contribution in [3.8, 4) is 0 Å². The van der Waals surface area contributed by atoms with E-state index in [1.165, 1.54) is 0 Å². The van der Waals surface area contributed by atoms with E-state index in [-0.39, 0.29) is 23.5 Å². The van der Waals surface area contributed by atoms with Gasteiger partial charge in [0.1, 0.15) is 6.10 Å². The van der Waals surface area contributed by atoms with Crippen molar-refractivity contribution in [3.05, 3.63) is 34.9 Å². The molecule has 1 aliphatic heterocycles. The second-order valence-electron chi connectivity index (χ2n) is 4.61. The quantitative estimate of drug-likeness (QED) is 0.895. The number of aliphatic carboxylic acids is 1. The second-order valence-corrected chi connectivity index (χ2v) is 6.00. The maximum absolute atomic E-state index is 12.1. The minimum absolute atomic E-state index is 0.0655. The molecule has 1 fully saturated rings. The molecule has 0 aliphatic carbocycles. The monoisotopic (exact) mass is 329 g/mol. The Morgan fingerprint density at radius 3 is 2.86 bits per heavy atom. The van der Waals surface area contributed by atoms with E-state index < -0.39 is 5.97 Å². The summed E-state index contributed by atoms with van der Waals surface area (Å²) in [5.74, 6) is -0.878. The summed E-state index contributed by atoms with van der Waals surface area (Å²) in [6.45, 7) is 1.41. The number of carboxylic acid groups (broad SMARTS) is 1. The molecule has 1 aromatic carbocycles. The number of ether oxygens (including phenoxy) is 1. The zero-order valence-electron chi connectivity index (χ0n) is 11.3. The molecule has 0 bridgehead atoms. The Hall–Kier alpha value is -1.24. The summed E-state index contributed by atoms with van der Waals surface area (Å²) in [4.78, 5) is 24.2. The van der Waals surface area contributed by atoms with Crippen LogP contribution in [0.15, 0.2) is 24.3 Å². The Kier molecular flexibility index (Phi) is 5.90. The summed E-state index contributed by atoms with van der Waals surface area (Å²) in [6.07, 6.45) is -0.235. The molecule has 5 nitrogen and oxygen atoms in total. The van der Waals surface area contributed by atoms with E-state index in [0.29, 0.717) is 24.7 Å². The van der Waals surface area contributed by atoms with Crippen LogP contribution in [0, 0.1) is 0 Å². The number of carbonyl (C=O) groups excluding carboxylic acids is 1. The molecule has 1 N–H and O–H groups in total. The summed E-state index contributed by atoms with van der Waals surface area (Å²) in [6, 6.07) is 7.41. The first-order chi connectivity index (χ1) is 10.1. The maximum Gasteiger partial charge on any atom is 0.313 e. The van der Waals surface area contributed by atoms with Crippen LogP contribution in [0.5, 0.6) is 0 Å². The fourth-order valence-electron chi connectivity index (χ4n) is 2.12. The van der Waals surface area contributed by atoms with Gasteiger partial charge in [0, 0.05) is 17.1 Å². The molecule has 114 valence electrons. The average molecular weight is 330 g/mol. The van der Waals surface area contributed by atoms with Crippen LogP contribution in [-0.2, 0) is 14.3 Å². The number of rotatable bonds is 5. The minimum Gasteiger partial charge on any atom is -0.481 e. The van der Waals surface area contributed by atoms with Crippen LogP contribution < -0.4 is 0 Å². The highest BCUT2D eigenvalue weighted by Crippen LogP contribution is 2.28. The van der Waals surface area contributed by atoms with Crippen LogP contribution in [0.3, 0.4) is 0 Å². The first-order valence-electron chi connectivity index (χ1n) is 6.51. The van der Waals surface area contributed by atoms with Gasteiger partial charge in [0.15, 0.2) is 0 Å². The number of thioether (sulfide) groups is 1. The van der Waals surface area contributed by atoms with Crippen molar-refractivity contribution in [2.45, 2.75) is 6.10 Å². The lowest BCUT2D eigenvalue weighted by Crippen LogP contribution is -2.43. The van der Waals surface area contributed by atoms with E-state index in [2.05, 4.69) is 0 Å². The Morgan fingerprint density at radius 1 is 1.38 bits per heavy atom. The molecule has 0 aromatic heterocycles. The zero-order valence-corrected chi connectivity index (χ0v) is 12.9. The van der Waals surface area contributed by atoms with Crippen LogP contribution >= 0.6 is 23.4 Å². The minimum atomic E-state index is -0.913. The number of carbonyl (C=O) groups is 2. The third kappa shape index (κ3) is 4.62.